The van der Waals surface area contributed by atoms with Crippen molar-refractivity contribution in [2.45, 2.75) is 9.92 Å². The van der Waals surface area contributed by atoms with Crippen LogP contribution >= 0.6 is 23.4 Å². The summed E-state index contributed by atoms with van der Waals surface area (Å²) in [4.78, 5) is 9.08. The summed E-state index contributed by atoms with van der Waals surface area (Å²) in [5, 5.41) is 9.46. The van der Waals surface area contributed by atoms with Crippen molar-refractivity contribution in [2.24, 2.45) is 7.05 Å². The van der Waals surface area contributed by atoms with Gasteiger partial charge in [0.25, 0.3) is 5.78 Å². The van der Waals surface area contributed by atoms with E-state index in [0.29, 0.717) is 10.9 Å². The molecule has 0 atom stereocenters. The molecule has 0 saturated heterocycles. The van der Waals surface area contributed by atoms with Gasteiger partial charge in [0.1, 0.15) is 16.5 Å². The molecule has 86 valence electrons. The molecule has 3 heterocycles. The van der Waals surface area contributed by atoms with Gasteiger partial charge < -0.3 is 0 Å². The minimum atomic E-state index is 0.400. The van der Waals surface area contributed by atoms with Crippen LogP contribution in [0.25, 0.3) is 5.78 Å². The fraction of sp³-hybridized carbons (Fsp3) is 0.111. The Morgan fingerprint density at radius 1 is 1.35 bits per heavy atom. The minimum Gasteiger partial charge on any atom is -0.275 e. The van der Waals surface area contributed by atoms with E-state index in [0.717, 1.165) is 9.92 Å². The van der Waals surface area contributed by atoms with Crippen molar-refractivity contribution in [2.75, 3.05) is 0 Å². The number of halogens is 1. The van der Waals surface area contributed by atoms with E-state index in [1.807, 2.05) is 13.2 Å². The van der Waals surface area contributed by atoms with Crippen LogP contribution in [0.3, 0.4) is 0 Å². The second-order valence-corrected chi connectivity index (χ2v) is 4.82. The van der Waals surface area contributed by atoms with E-state index in [4.69, 9.17) is 11.6 Å². The third kappa shape index (κ3) is 1.98. The first kappa shape index (κ1) is 10.5. The minimum absolute atomic E-state index is 0.400. The van der Waals surface area contributed by atoms with Gasteiger partial charge in [-0.25, -0.2) is 0 Å². The average Bonchev–Trinajstić information content (AvgIpc) is 2.87. The van der Waals surface area contributed by atoms with E-state index in [1.54, 1.807) is 21.5 Å². The Bertz CT molecular complexity index is 675. The highest BCUT2D eigenvalue weighted by atomic mass is 35.5. The molecule has 0 unspecified atom stereocenters. The highest BCUT2D eigenvalue weighted by molar-refractivity contribution is 7.99. The van der Waals surface area contributed by atoms with Gasteiger partial charge in [0.15, 0.2) is 0 Å². The molecule has 3 aromatic heterocycles. The molecule has 3 aromatic rings. The molecular formula is C9H7ClN6S. The predicted octanol–water partition coefficient (Wildman–Crippen LogP) is 1.66. The van der Waals surface area contributed by atoms with E-state index in [1.165, 1.54) is 18.1 Å². The van der Waals surface area contributed by atoms with E-state index < -0.39 is 0 Å². The predicted molar refractivity (Wildman–Crippen MR) is 63.1 cm³/mol. The molecule has 3 rings (SSSR count). The summed E-state index contributed by atoms with van der Waals surface area (Å²) in [6, 6.07) is 1.75. The summed E-state index contributed by atoms with van der Waals surface area (Å²) in [5.74, 6) is 0.490. The lowest BCUT2D eigenvalue weighted by Gasteiger charge is -2.01. The summed E-state index contributed by atoms with van der Waals surface area (Å²) in [7, 11) is 1.87. The van der Waals surface area contributed by atoms with Crippen molar-refractivity contribution in [3.63, 3.8) is 0 Å². The molecule has 0 radical (unpaired) electrons. The third-order valence-electron chi connectivity index (χ3n) is 2.09. The lowest BCUT2D eigenvalue weighted by atomic mass is 10.7. The number of aromatic nitrogens is 6. The van der Waals surface area contributed by atoms with Gasteiger partial charge in [-0.05, 0) is 0 Å². The highest BCUT2D eigenvalue weighted by Crippen LogP contribution is 2.28. The Labute approximate surface area is 106 Å². The smallest absolute Gasteiger partial charge is 0.254 e. The topological polar surface area (TPSA) is 60.9 Å². The second-order valence-electron chi connectivity index (χ2n) is 3.34. The molecule has 0 aromatic carbocycles. The molecule has 0 fully saturated rings. The van der Waals surface area contributed by atoms with Crippen LogP contribution in [0.4, 0.5) is 0 Å². The van der Waals surface area contributed by atoms with E-state index in [9.17, 15) is 0 Å². The van der Waals surface area contributed by atoms with Gasteiger partial charge in [-0.15, -0.1) is 0 Å². The first-order valence-electron chi connectivity index (χ1n) is 4.75. The fourth-order valence-corrected chi connectivity index (χ4v) is 2.58. The van der Waals surface area contributed by atoms with Crippen molar-refractivity contribution < 1.29 is 0 Å². The Kier molecular flexibility index (Phi) is 2.49. The molecule has 0 aliphatic rings. The van der Waals surface area contributed by atoms with Crippen molar-refractivity contribution in [3.05, 3.63) is 29.9 Å². The zero-order valence-electron chi connectivity index (χ0n) is 8.78. The number of fused-ring (bicyclic) bond motifs is 1. The molecule has 0 bridgehead atoms. The number of aryl methyl sites for hydroxylation is 1. The Morgan fingerprint density at radius 3 is 3.00 bits per heavy atom. The molecule has 0 aliphatic carbocycles. The van der Waals surface area contributed by atoms with Crippen molar-refractivity contribution in [1.29, 1.82) is 0 Å². The van der Waals surface area contributed by atoms with Gasteiger partial charge in [-0.2, -0.15) is 24.7 Å². The first-order chi connectivity index (χ1) is 8.22. The summed E-state index contributed by atoms with van der Waals surface area (Å²) in [5.41, 5.74) is 0. The molecule has 0 aliphatic heterocycles. The lowest BCUT2D eigenvalue weighted by Crippen LogP contribution is -1.95. The maximum absolute atomic E-state index is 5.93. The van der Waals surface area contributed by atoms with Gasteiger partial charge >= 0.3 is 0 Å². The molecule has 17 heavy (non-hydrogen) atoms. The quantitative estimate of drug-likeness (QED) is 0.660. The second kappa shape index (κ2) is 4.01. The van der Waals surface area contributed by atoms with Crippen LogP contribution in [0.5, 0.6) is 0 Å². The standard InChI is InChI=1S/C9H7ClN6S/c1-15-4-6(3-12-15)17-8-2-7(10)14-9-11-5-13-16(8)9/h2-5H,1H3. The van der Waals surface area contributed by atoms with Crippen LogP contribution in [0.15, 0.2) is 34.7 Å². The van der Waals surface area contributed by atoms with E-state index in [2.05, 4.69) is 20.2 Å². The lowest BCUT2D eigenvalue weighted by molar-refractivity contribution is 0.766. The summed E-state index contributed by atoms with van der Waals surface area (Å²) < 4.78 is 3.38. The van der Waals surface area contributed by atoms with Crippen molar-refractivity contribution >= 4 is 29.1 Å². The Morgan fingerprint density at radius 2 is 2.24 bits per heavy atom. The molecule has 6 nitrogen and oxygen atoms in total. The largest absolute Gasteiger partial charge is 0.275 e. The van der Waals surface area contributed by atoms with Crippen LogP contribution in [0.1, 0.15) is 0 Å². The molecular weight excluding hydrogens is 260 g/mol. The average molecular weight is 267 g/mol. The van der Waals surface area contributed by atoms with Gasteiger partial charge in [-0.3, -0.25) is 4.68 Å². The SMILES string of the molecule is Cn1cc(Sc2cc(Cl)nc3ncnn23)cn1. The zero-order valence-corrected chi connectivity index (χ0v) is 10.4. The van der Waals surface area contributed by atoms with Gasteiger partial charge in [0, 0.05) is 19.3 Å². The molecule has 0 N–H and O–H groups in total. The van der Waals surface area contributed by atoms with Crippen molar-refractivity contribution in [3.8, 4) is 0 Å². The normalized spacial score (nSPS) is 11.2. The summed E-state index contributed by atoms with van der Waals surface area (Å²) >= 11 is 7.44. The summed E-state index contributed by atoms with van der Waals surface area (Å²) in [6.45, 7) is 0. The van der Waals surface area contributed by atoms with Crippen LogP contribution in [-0.2, 0) is 7.05 Å². The zero-order chi connectivity index (χ0) is 11.8. The summed E-state index contributed by atoms with van der Waals surface area (Å²) in [6.07, 6.45) is 5.15. The number of hydrogen-bond acceptors (Lipinski definition) is 5. The Balaban J connectivity index is 2.07. The number of nitrogens with zero attached hydrogens (tertiary/aromatic N) is 6. The van der Waals surface area contributed by atoms with Crippen LogP contribution in [0.2, 0.25) is 5.15 Å². The highest BCUT2D eigenvalue weighted by Gasteiger charge is 2.08. The number of rotatable bonds is 2. The van der Waals surface area contributed by atoms with Crippen LogP contribution in [0, 0.1) is 0 Å². The molecule has 0 saturated carbocycles. The molecule has 8 heteroatoms. The maximum atomic E-state index is 5.93. The van der Waals surface area contributed by atoms with Gasteiger partial charge in [0.2, 0.25) is 0 Å². The van der Waals surface area contributed by atoms with Gasteiger partial charge in [0.05, 0.1) is 11.1 Å². The first-order valence-corrected chi connectivity index (χ1v) is 5.94. The fourth-order valence-electron chi connectivity index (χ4n) is 1.40. The third-order valence-corrected chi connectivity index (χ3v) is 3.23. The van der Waals surface area contributed by atoms with Crippen LogP contribution < -0.4 is 0 Å². The monoisotopic (exact) mass is 266 g/mol. The molecule has 0 amide bonds. The van der Waals surface area contributed by atoms with Crippen LogP contribution in [-0.4, -0.2) is 29.4 Å². The van der Waals surface area contributed by atoms with Gasteiger partial charge in [-0.1, -0.05) is 23.4 Å². The maximum Gasteiger partial charge on any atom is 0.254 e. The Hall–Kier alpha value is -1.60. The molecule has 0 spiro atoms. The van der Waals surface area contributed by atoms with Crippen molar-refractivity contribution in [1.82, 2.24) is 29.4 Å². The van der Waals surface area contributed by atoms with E-state index >= 15 is 0 Å². The van der Waals surface area contributed by atoms with E-state index in [-0.39, 0.29) is 0 Å². The number of hydrogen-bond donors (Lipinski definition) is 0.